The monoisotopic (exact) mass is 500 g/mol. The maximum Gasteiger partial charge on any atom is 0.341 e. The van der Waals surface area contributed by atoms with Gasteiger partial charge in [-0.15, -0.1) is 11.3 Å². The number of thiocarbonyl (C=S) groups is 1. The molecule has 3 aromatic carbocycles. The van der Waals surface area contributed by atoms with Gasteiger partial charge in [0.15, 0.2) is 10.9 Å². The Morgan fingerprint density at radius 1 is 0.857 bits per heavy atom. The zero-order valence-corrected chi connectivity index (χ0v) is 20.7. The first-order valence-corrected chi connectivity index (χ1v) is 12.4. The summed E-state index contributed by atoms with van der Waals surface area (Å²) in [6.45, 7) is 2.05. The Morgan fingerprint density at radius 2 is 1.51 bits per heavy atom. The van der Waals surface area contributed by atoms with Gasteiger partial charge in [0.05, 0.1) is 17.9 Å². The summed E-state index contributed by atoms with van der Waals surface area (Å²) in [6, 6.07) is 28.2. The second-order valence-electron chi connectivity index (χ2n) is 7.66. The van der Waals surface area contributed by atoms with E-state index in [1.165, 1.54) is 11.3 Å². The van der Waals surface area contributed by atoms with Gasteiger partial charge in [0.2, 0.25) is 0 Å². The standard InChI is InChI=1S/C28H24N2O3S2/c1-2-33-27(32)23-18-21(17-19-11-5-3-6-12-19)35-26(23)30-28(34)29-24-16-10-9-15-22(24)25(31)20-13-7-4-8-14-20/h3-16,18H,2,17H2,1H3,(H2,29,30,34). The summed E-state index contributed by atoms with van der Waals surface area (Å²) in [5, 5.41) is 7.13. The smallest absolute Gasteiger partial charge is 0.341 e. The van der Waals surface area contributed by atoms with Gasteiger partial charge in [0, 0.05) is 22.4 Å². The van der Waals surface area contributed by atoms with Gasteiger partial charge in [-0.2, -0.15) is 0 Å². The van der Waals surface area contributed by atoms with Crippen LogP contribution in [0.3, 0.4) is 0 Å². The van der Waals surface area contributed by atoms with Gasteiger partial charge in [0.25, 0.3) is 0 Å². The SMILES string of the molecule is CCOC(=O)c1cc(Cc2ccccc2)sc1NC(=S)Nc1ccccc1C(=O)c1ccccc1. The van der Waals surface area contributed by atoms with Gasteiger partial charge in [0.1, 0.15) is 5.00 Å². The van der Waals surface area contributed by atoms with E-state index in [1.54, 1.807) is 31.2 Å². The Bertz CT molecular complexity index is 1330. The Balaban J connectivity index is 1.55. The van der Waals surface area contributed by atoms with Gasteiger partial charge in [-0.05, 0) is 42.9 Å². The van der Waals surface area contributed by atoms with E-state index in [9.17, 15) is 9.59 Å². The summed E-state index contributed by atoms with van der Waals surface area (Å²) in [4.78, 5) is 26.6. The fraction of sp³-hybridized carbons (Fsp3) is 0.107. The van der Waals surface area contributed by atoms with Crippen LogP contribution in [-0.4, -0.2) is 23.5 Å². The van der Waals surface area contributed by atoms with Crippen LogP contribution in [0.4, 0.5) is 10.7 Å². The molecule has 0 aliphatic heterocycles. The largest absolute Gasteiger partial charge is 0.462 e. The molecule has 0 saturated heterocycles. The first-order valence-electron chi connectivity index (χ1n) is 11.2. The lowest BCUT2D eigenvalue weighted by molar-refractivity contribution is 0.0528. The fourth-order valence-electron chi connectivity index (χ4n) is 3.57. The third kappa shape index (κ3) is 6.20. The van der Waals surface area contributed by atoms with Crippen molar-refractivity contribution in [3.8, 4) is 0 Å². The first kappa shape index (κ1) is 24.3. The van der Waals surface area contributed by atoms with Crippen molar-refractivity contribution < 1.29 is 14.3 Å². The second-order valence-corrected chi connectivity index (χ2v) is 9.20. The van der Waals surface area contributed by atoms with E-state index in [1.807, 2.05) is 66.7 Å². The molecule has 0 radical (unpaired) electrons. The summed E-state index contributed by atoms with van der Waals surface area (Å²) in [5.41, 5.74) is 3.25. The minimum absolute atomic E-state index is 0.106. The predicted molar refractivity (Wildman–Crippen MR) is 146 cm³/mol. The van der Waals surface area contributed by atoms with Crippen LogP contribution in [0.1, 0.15) is 43.6 Å². The molecule has 4 aromatic rings. The Morgan fingerprint density at radius 3 is 2.23 bits per heavy atom. The number of hydrogen-bond acceptors (Lipinski definition) is 5. The predicted octanol–water partition coefficient (Wildman–Crippen LogP) is 6.56. The normalized spacial score (nSPS) is 10.4. The number of nitrogens with one attached hydrogen (secondary N) is 2. The highest BCUT2D eigenvalue weighted by Gasteiger charge is 2.19. The van der Waals surface area contributed by atoms with Crippen molar-refractivity contribution in [3.05, 3.63) is 118 Å². The molecule has 0 spiro atoms. The second kappa shape index (κ2) is 11.6. The molecule has 0 aliphatic carbocycles. The topological polar surface area (TPSA) is 67.4 Å². The quantitative estimate of drug-likeness (QED) is 0.162. The fourth-order valence-corrected chi connectivity index (χ4v) is 4.93. The average Bonchev–Trinajstić information content (AvgIpc) is 3.27. The van der Waals surface area contributed by atoms with Crippen LogP contribution in [0.25, 0.3) is 0 Å². The number of thiophene rings is 1. The average molecular weight is 501 g/mol. The molecule has 0 atom stereocenters. The van der Waals surface area contributed by atoms with E-state index in [0.29, 0.717) is 33.8 Å². The zero-order valence-electron chi connectivity index (χ0n) is 19.1. The highest BCUT2D eigenvalue weighted by molar-refractivity contribution is 7.80. The summed E-state index contributed by atoms with van der Waals surface area (Å²) < 4.78 is 5.25. The zero-order chi connectivity index (χ0) is 24.6. The number of carbonyl (C=O) groups is 2. The summed E-state index contributed by atoms with van der Waals surface area (Å²) >= 11 is 7.00. The Labute approximate surface area is 213 Å². The molecule has 0 aliphatic rings. The molecule has 4 rings (SSSR count). The highest BCUT2D eigenvalue weighted by Crippen LogP contribution is 2.31. The molecule has 5 nitrogen and oxygen atoms in total. The molecule has 176 valence electrons. The van der Waals surface area contributed by atoms with E-state index in [4.69, 9.17) is 17.0 Å². The number of ether oxygens (including phenoxy) is 1. The number of ketones is 1. The van der Waals surface area contributed by atoms with Crippen LogP contribution in [0.5, 0.6) is 0 Å². The Kier molecular flexibility index (Phi) is 8.03. The molecule has 1 aromatic heterocycles. The van der Waals surface area contributed by atoms with Crippen molar-refractivity contribution in [1.29, 1.82) is 0 Å². The number of benzene rings is 3. The minimum atomic E-state index is -0.409. The van der Waals surface area contributed by atoms with Gasteiger partial charge in [-0.1, -0.05) is 72.8 Å². The van der Waals surface area contributed by atoms with Crippen LogP contribution < -0.4 is 10.6 Å². The van der Waals surface area contributed by atoms with Gasteiger partial charge >= 0.3 is 5.97 Å². The van der Waals surface area contributed by atoms with Crippen LogP contribution in [0.2, 0.25) is 0 Å². The van der Waals surface area contributed by atoms with E-state index < -0.39 is 5.97 Å². The molecule has 0 bridgehead atoms. The molecule has 1 heterocycles. The maximum absolute atomic E-state index is 13.0. The number of carbonyl (C=O) groups excluding carboxylic acids is 2. The highest BCUT2D eigenvalue weighted by atomic mass is 32.1. The van der Waals surface area contributed by atoms with E-state index in [2.05, 4.69) is 10.6 Å². The van der Waals surface area contributed by atoms with Crippen molar-refractivity contribution in [1.82, 2.24) is 0 Å². The van der Waals surface area contributed by atoms with Crippen molar-refractivity contribution in [3.63, 3.8) is 0 Å². The molecule has 0 saturated carbocycles. The van der Waals surface area contributed by atoms with Gasteiger partial charge in [-0.3, -0.25) is 4.79 Å². The summed E-state index contributed by atoms with van der Waals surface area (Å²) in [6.07, 6.45) is 0.689. The van der Waals surface area contributed by atoms with E-state index in [-0.39, 0.29) is 17.5 Å². The molecule has 35 heavy (non-hydrogen) atoms. The lowest BCUT2D eigenvalue weighted by atomic mass is 10.0. The number of para-hydroxylation sites is 1. The van der Waals surface area contributed by atoms with Crippen LogP contribution >= 0.6 is 23.6 Å². The third-order valence-electron chi connectivity index (χ3n) is 5.18. The Hall–Kier alpha value is -3.81. The number of anilines is 2. The molecule has 0 unspecified atom stereocenters. The van der Waals surface area contributed by atoms with Crippen molar-refractivity contribution in [2.24, 2.45) is 0 Å². The maximum atomic E-state index is 13.0. The molecule has 2 N–H and O–H groups in total. The van der Waals surface area contributed by atoms with E-state index in [0.717, 1.165) is 10.4 Å². The number of esters is 1. The molecular weight excluding hydrogens is 476 g/mol. The molecular formula is C28H24N2O3S2. The lowest BCUT2D eigenvalue weighted by Gasteiger charge is -2.14. The molecule has 0 fully saturated rings. The van der Waals surface area contributed by atoms with Crippen molar-refractivity contribution >= 4 is 51.1 Å². The van der Waals surface area contributed by atoms with Crippen LogP contribution in [0, 0.1) is 0 Å². The van der Waals surface area contributed by atoms with Gasteiger partial charge < -0.3 is 15.4 Å². The third-order valence-corrected chi connectivity index (χ3v) is 6.44. The lowest BCUT2D eigenvalue weighted by Crippen LogP contribution is -2.21. The van der Waals surface area contributed by atoms with Gasteiger partial charge in [-0.25, -0.2) is 4.79 Å². The number of hydrogen-bond donors (Lipinski definition) is 2. The molecule has 7 heteroatoms. The van der Waals surface area contributed by atoms with Crippen molar-refractivity contribution in [2.45, 2.75) is 13.3 Å². The molecule has 0 amide bonds. The summed E-state index contributed by atoms with van der Waals surface area (Å²) in [5.74, 6) is -0.516. The minimum Gasteiger partial charge on any atom is -0.462 e. The van der Waals surface area contributed by atoms with Crippen LogP contribution in [-0.2, 0) is 11.2 Å². The van der Waals surface area contributed by atoms with Crippen molar-refractivity contribution in [2.75, 3.05) is 17.2 Å². The van der Waals surface area contributed by atoms with Crippen LogP contribution in [0.15, 0.2) is 91.0 Å². The first-order chi connectivity index (χ1) is 17.0. The van der Waals surface area contributed by atoms with E-state index >= 15 is 0 Å². The summed E-state index contributed by atoms with van der Waals surface area (Å²) in [7, 11) is 0. The number of rotatable bonds is 8.